The minimum Gasteiger partial charge on any atom is -0.378 e. The first kappa shape index (κ1) is 13.5. The van der Waals surface area contributed by atoms with Gasteiger partial charge >= 0.3 is 0 Å². The molecule has 0 saturated heterocycles. The quantitative estimate of drug-likeness (QED) is 0.641. The predicted octanol–water partition coefficient (Wildman–Crippen LogP) is 5.50. The van der Waals surface area contributed by atoms with E-state index in [0.717, 1.165) is 31.8 Å². The molecule has 0 bridgehead atoms. The number of hydrogen-bond acceptors (Lipinski definition) is 1. The minimum atomic E-state index is 0.662. The Balaban J connectivity index is 1.87. The van der Waals surface area contributed by atoms with Crippen LogP contribution in [0.3, 0.4) is 0 Å². The molecule has 0 aliphatic carbocycles. The van der Waals surface area contributed by atoms with Gasteiger partial charge in [0.1, 0.15) is 0 Å². The van der Waals surface area contributed by atoms with Crippen molar-refractivity contribution in [2.75, 3.05) is 5.32 Å². The Morgan fingerprint density at radius 1 is 1.15 bits per heavy atom. The third kappa shape index (κ3) is 2.43. The lowest BCUT2D eigenvalue weighted by molar-refractivity contribution is 1.08. The molecule has 3 aromatic rings. The van der Waals surface area contributed by atoms with Crippen LogP contribution in [-0.2, 0) is 6.54 Å². The average Bonchev–Trinajstić information content (AvgIpc) is 2.78. The number of para-hydroxylation sites is 1. The van der Waals surface area contributed by atoms with Crippen molar-refractivity contribution in [3.63, 3.8) is 0 Å². The fourth-order valence-corrected chi connectivity index (χ4v) is 2.94. The van der Waals surface area contributed by atoms with E-state index in [9.17, 15) is 0 Å². The van der Waals surface area contributed by atoms with Crippen LogP contribution in [0.2, 0.25) is 5.02 Å². The maximum absolute atomic E-state index is 6.41. The van der Waals surface area contributed by atoms with E-state index in [0.29, 0.717) is 6.54 Å². The third-order valence-corrected chi connectivity index (χ3v) is 4.85. The number of H-pyrrole nitrogens is 1. The van der Waals surface area contributed by atoms with Crippen LogP contribution in [0.1, 0.15) is 11.3 Å². The SMILES string of the molecule is Cc1cccc(NCc2[nH]c3ccccc3c2Cl)c1Br. The molecule has 1 aromatic heterocycles. The van der Waals surface area contributed by atoms with Crippen molar-refractivity contribution in [2.24, 2.45) is 0 Å². The van der Waals surface area contributed by atoms with Crippen LogP contribution >= 0.6 is 27.5 Å². The van der Waals surface area contributed by atoms with E-state index in [2.05, 4.69) is 39.2 Å². The molecule has 0 aliphatic heterocycles. The average molecular weight is 350 g/mol. The van der Waals surface area contributed by atoms with Crippen LogP contribution in [0.5, 0.6) is 0 Å². The second-order valence-electron chi connectivity index (χ2n) is 4.75. The van der Waals surface area contributed by atoms with E-state index in [4.69, 9.17) is 11.6 Å². The fourth-order valence-electron chi connectivity index (χ4n) is 2.25. The Morgan fingerprint density at radius 3 is 2.75 bits per heavy atom. The molecule has 0 saturated carbocycles. The molecule has 0 aliphatic rings. The number of fused-ring (bicyclic) bond motifs is 1. The highest BCUT2D eigenvalue weighted by atomic mass is 79.9. The Labute approximate surface area is 131 Å². The fraction of sp³-hybridized carbons (Fsp3) is 0.125. The summed E-state index contributed by atoms with van der Waals surface area (Å²) in [6, 6.07) is 14.2. The first-order valence-electron chi connectivity index (χ1n) is 6.41. The number of anilines is 1. The number of aromatic nitrogens is 1. The highest BCUT2D eigenvalue weighted by molar-refractivity contribution is 9.10. The van der Waals surface area contributed by atoms with Crippen molar-refractivity contribution in [1.82, 2.24) is 4.98 Å². The van der Waals surface area contributed by atoms with Crippen molar-refractivity contribution in [3.8, 4) is 0 Å². The molecule has 3 rings (SSSR count). The van der Waals surface area contributed by atoms with Crippen LogP contribution in [0.4, 0.5) is 5.69 Å². The van der Waals surface area contributed by atoms with E-state index in [1.165, 1.54) is 5.56 Å². The summed E-state index contributed by atoms with van der Waals surface area (Å²) in [5.74, 6) is 0. The van der Waals surface area contributed by atoms with Crippen molar-refractivity contribution in [1.29, 1.82) is 0 Å². The van der Waals surface area contributed by atoms with Gasteiger partial charge in [0.05, 0.1) is 17.3 Å². The Hall–Kier alpha value is -1.45. The van der Waals surface area contributed by atoms with Crippen molar-refractivity contribution >= 4 is 44.1 Å². The summed E-state index contributed by atoms with van der Waals surface area (Å²) in [6.07, 6.45) is 0. The highest BCUT2D eigenvalue weighted by Crippen LogP contribution is 2.29. The van der Waals surface area contributed by atoms with Crippen LogP contribution in [0.15, 0.2) is 46.9 Å². The molecule has 20 heavy (non-hydrogen) atoms. The van der Waals surface area contributed by atoms with Gasteiger partial charge in [-0.1, -0.05) is 41.9 Å². The normalized spacial score (nSPS) is 10.9. The molecule has 0 spiro atoms. The number of halogens is 2. The van der Waals surface area contributed by atoms with Gasteiger partial charge in [0.15, 0.2) is 0 Å². The number of aromatic amines is 1. The minimum absolute atomic E-state index is 0.662. The molecule has 2 N–H and O–H groups in total. The molecule has 1 heterocycles. The lowest BCUT2D eigenvalue weighted by Crippen LogP contribution is -2.01. The second-order valence-corrected chi connectivity index (χ2v) is 5.92. The van der Waals surface area contributed by atoms with E-state index < -0.39 is 0 Å². The largest absolute Gasteiger partial charge is 0.378 e. The van der Waals surface area contributed by atoms with E-state index >= 15 is 0 Å². The van der Waals surface area contributed by atoms with Gasteiger partial charge in [-0.25, -0.2) is 0 Å². The number of aryl methyl sites for hydroxylation is 1. The third-order valence-electron chi connectivity index (χ3n) is 3.36. The zero-order chi connectivity index (χ0) is 14.1. The van der Waals surface area contributed by atoms with Crippen LogP contribution in [-0.4, -0.2) is 4.98 Å². The van der Waals surface area contributed by atoms with Crippen molar-refractivity contribution < 1.29 is 0 Å². The molecule has 102 valence electrons. The lowest BCUT2D eigenvalue weighted by atomic mass is 10.2. The number of nitrogens with one attached hydrogen (secondary N) is 2. The van der Waals surface area contributed by atoms with E-state index in [1.807, 2.05) is 36.4 Å². The van der Waals surface area contributed by atoms with Crippen molar-refractivity contribution in [2.45, 2.75) is 13.5 Å². The summed E-state index contributed by atoms with van der Waals surface area (Å²) in [7, 11) is 0. The zero-order valence-electron chi connectivity index (χ0n) is 11.0. The van der Waals surface area contributed by atoms with E-state index in [1.54, 1.807) is 0 Å². The van der Waals surface area contributed by atoms with E-state index in [-0.39, 0.29) is 0 Å². The number of rotatable bonds is 3. The molecule has 4 heteroatoms. The Bertz CT molecular complexity index is 764. The molecule has 2 nitrogen and oxygen atoms in total. The molecule has 2 aromatic carbocycles. The topological polar surface area (TPSA) is 27.8 Å². The predicted molar refractivity (Wildman–Crippen MR) is 89.5 cm³/mol. The molecule has 0 radical (unpaired) electrons. The van der Waals surface area contributed by atoms with Crippen LogP contribution < -0.4 is 5.32 Å². The van der Waals surface area contributed by atoms with Gasteiger partial charge in [0.2, 0.25) is 0 Å². The summed E-state index contributed by atoms with van der Waals surface area (Å²) in [5.41, 5.74) is 4.34. The second kappa shape index (κ2) is 5.51. The smallest absolute Gasteiger partial charge is 0.0710 e. The van der Waals surface area contributed by atoms with Gasteiger partial charge < -0.3 is 10.3 Å². The summed E-state index contributed by atoms with van der Waals surface area (Å²) in [4.78, 5) is 3.36. The van der Waals surface area contributed by atoms with Crippen molar-refractivity contribution in [3.05, 3.63) is 63.2 Å². The summed E-state index contributed by atoms with van der Waals surface area (Å²) < 4.78 is 1.09. The van der Waals surface area contributed by atoms with Gasteiger partial charge in [-0.3, -0.25) is 0 Å². The summed E-state index contributed by atoms with van der Waals surface area (Å²) >= 11 is 10.0. The van der Waals surface area contributed by atoms with Gasteiger partial charge in [0.25, 0.3) is 0 Å². The number of hydrogen-bond donors (Lipinski definition) is 2. The molecule has 0 fully saturated rings. The lowest BCUT2D eigenvalue weighted by Gasteiger charge is -2.09. The first-order chi connectivity index (χ1) is 9.66. The molecule has 0 atom stereocenters. The maximum atomic E-state index is 6.41. The van der Waals surface area contributed by atoms with Gasteiger partial charge in [-0.15, -0.1) is 0 Å². The number of benzene rings is 2. The highest BCUT2D eigenvalue weighted by Gasteiger charge is 2.09. The molecular formula is C16H14BrClN2. The standard InChI is InChI=1S/C16H14BrClN2/c1-10-5-4-8-13(15(10)17)19-9-14-16(18)11-6-2-3-7-12(11)20-14/h2-8,19-20H,9H2,1H3. The zero-order valence-corrected chi connectivity index (χ0v) is 13.3. The van der Waals surface area contributed by atoms with Crippen LogP contribution in [0, 0.1) is 6.92 Å². The summed E-state index contributed by atoms with van der Waals surface area (Å²) in [5, 5.41) is 5.26. The molecular weight excluding hydrogens is 336 g/mol. The Morgan fingerprint density at radius 2 is 1.95 bits per heavy atom. The molecule has 0 unspecified atom stereocenters. The van der Waals surface area contributed by atoms with Gasteiger partial charge in [-0.05, 0) is 40.5 Å². The monoisotopic (exact) mass is 348 g/mol. The maximum Gasteiger partial charge on any atom is 0.0710 e. The van der Waals surface area contributed by atoms with Crippen LogP contribution in [0.25, 0.3) is 10.9 Å². The van der Waals surface area contributed by atoms with Gasteiger partial charge in [-0.2, -0.15) is 0 Å². The summed E-state index contributed by atoms with van der Waals surface area (Å²) in [6.45, 7) is 2.74. The first-order valence-corrected chi connectivity index (χ1v) is 7.58. The Kier molecular flexibility index (Phi) is 3.72. The molecule has 0 amide bonds. The van der Waals surface area contributed by atoms with Gasteiger partial charge in [0, 0.05) is 21.1 Å².